The second-order valence-electron chi connectivity index (χ2n) is 6.44. The molecule has 1 amide bonds. The Morgan fingerprint density at radius 3 is 2.41 bits per heavy atom. The fourth-order valence-corrected chi connectivity index (χ4v) is 3.58. The molecule has 1 saturated heterocycles. The van der Waals surface area contributed by atoms with Crippen molar-refractivity contribution < 1.29 is 19.4 Å². The summed E-state index contributed by atoms with van der Waals surface area (Å²) in [6, 6.07) is 11.7. The van der Waals surface area contributed by atoms with Crippen molar-refractivity contribution in [2.75, 3.05) is 38.6 Å². The van der Waals surface area contributed by atoms with Crippen LogP contribution < -0.4 is 10.1 Å². The molecule has 0 spiro atoms. The third kappa shape index (κ3) is 4.96. The summed E-state index contributed by atoms with van der Waals surface area (Å²) in [6.07, 6.45) is 0. The zero-order chi connectivity index (χ0) is 21.0. The summed E-state index contributed by atoms with van der Waals surface area (Å²) in [7, 11) is 1.57. The molecule has 1 aliphatic heterocycles. The van der Waals surface area contributed by atoms with E-state index >= 15 is 0 Å². The number of benzene rings is 2. The third-order valence-electron chi connectivity index (χ3n) is 4.62. The van der Waals surface area contributed by atoms with Crippen molar-refractivity contribution in [3.05, 3.63) is 58.6 Å². The second-order valence-corrected chi connectivity index (χ2v) is 7.24. The van der Waals surface area contributed by atoms with Gasteiger partial charge in [0.1, 0.15) is 5.75 Å². The lowest BCUT2D eigenvalue weighted by molar-refractivity contribution is 0.0686. The number of anilines is 1. The van der Waals surface area contributed by atoms with Gasteiger partial charge in [0.2, 0.25) is 0 Å². The van der Waals surface area contributed by atoms with Gasteiger partial charge in [0.25, 0.3) is 5.91 Å². The quantitative estimate of drug-likeness (QED) is 0.716. The first kappa shape index (κ1) is 20.9. The molecule has 29 heavy (non-hydrogen) atoms. The number of rotatable bonds is 4. The number of aromatic carboxylic acids is 1. The zero-order valence-electron chi connectivity index (χ0n) is 15.7. The molecular weight excluding hydrogens is 414 g/mol. The van der Waals surface area contributed by atoms with Gasteiger partial charge in [-0.05, 0) is 48.6 Å². The molecule has 9 heteroatoms. The van der Waals surface area contributed by atoms with Gasteiger partial charge < -0.3 is 25.0 Å². The first-order valence-corrected chi connectivity index (χ1v) is 9.70. The van der Waals surface area contributed by atoms with E-state index in [1.807, 2.05) is 4.90 Å². The molecule has 0 saturated carbocycles. The van der Waals surface area contributed by atoms with Crippen LogP contribution in [0.5, 0.6) is 5.75 Å². The van der Waals surface area contributed by atoms with Crippen LogP contribution in [0.15, 0.2) is 42.5 Å². The maximum atomic E-state index is 12.7. The van der Waals surface area contributed by atoms with Crippen LogP contribution in [-0.2, 0) is 0 Å². The van der Waals surface area contributed by atoms with Gasteiger partial charge in [0, 0.05) is 37.4 Å². The number of carboxylic acid groups (broad SMARTS) is 1. The number of carbonyl (C=O) groups excluding carboxylic acids is 1. The average Bonchev–Trinajstić information content (AvgIpc) is 2.73. The Bertz CT molecular complexity index is 945. The molecular formula is C20H20ClN3O4S. The molecule has 0 atom stereocenters. The van der Waals surface area contributed by atoms with Crippen molar-refractivity contribution in [3.8, 4) is 5.75 Å². The van der Waals surface area contributed by atoms with Crippen LogP contribution in [-0.4, -0.2) is 65.2 Å². The number of amides is 1. The number of ether oxygens (including phenoxy) is 1. The maximum Gasteiger partial charge on any atom is 0.337 e. The molecule has 1 heterocycles. The summed E-state index contributed by atoms with van der Waals surface area (Å²) in [6.45, 7) is 2.25. The number of nitrogens with zero attached hydrogens (tertiary/aromatic N) is 2. The summed E-state index contributed by atoms with van der Waals surface area (Å²) in [5, 5.41) is 12.8. The van der Waals surface area contributed by atoms with E-state index in [2.05, 4.69) is 5.32 Å². The number of hydrogen-bond acceptors (Lipinski definition) is 4. The van der Waals surface area contributed by atoms with E-state index in [4.69, 9.17) is 33.7 Å². The predicted octanol–water partition coefficient (Wildman–Crippen LogP) is 3.20. The second kappa shape index (κ2) is 9.11. The van der Waals surface area contributed by atoms with Gasteiger partial charge in [-0.2, -0.15) is 0 Å². The molecule has 0 aromatic heterocycles. The van der Waals surface area contributed by atoms with Crippen molar-refractivity contribution in [2.45, 2.75) is 0 Å². The molecule has 3 rings (SSSR count). The van der Waals surface area contributed by atoms with E-state index in [0.29, 0.717) is 48.3 Å². The predicted molar refractivity (Wildman–Crippen MR) is 115 cm³/mol. The van der Waals surface area contributed by atoms with Gasteiger partial charge in [0.05, 0.1) is 17.7 Å². The van der Waals surface area contributed by atoms with E-state index in [1.165, 1.54) is 12.1 Å². The van der Waals surface area contributed by atoms with E-state index in [1.54, 1.807) is 42.3 Å². The van der Waals surface area contributed by atoms with Crippen LogP contribution in [0.25, 0.3) is 0 Å². The fourth-order valence-electron chi connectivity index (χ4n) is 3.02. The first-order chi connectivity index (χ1) is 13.9. The van der Waals surface area contributed by atoms with E-state index in [0.717, 1.165) is 0 Å². The third-order valence-corrected chi connectivity index (χ3v) is 5.29. The van der Waals surface area contributed by atoms with Gasteiger partial charge >= 0.3 is 5.97 Å². The lowest BCUT2D eigenvalue weighted by atomic mass is 10.1. The molecule has 0 radical (unpaired) electrons. The Kier molecular flexibility index (Phi) is 6.56. The summed E-state index contributed by atoms with van der Waals surface area (Å²) < 4.78 is 5.18. The van der Waals surface area contributed by atoms with Crippen LogP contribution in [0.3, 0.4) is 0 Å². The fraction of sp³-hybridized carbons (Fsp3) is 0.250. The number of piperazine rings is 1. The molecule has 1 fully saturated rings. The Morgan fingerprint density at radius 2 is 1.79 bits per heavy atom. The summed E-state index contributed by atoms with van der Waals surface area (Å²) in [5.74, 6) is -0.480. The van der Waals surface area contributed by atoms with Crippen LogP contribution in [0.4, 0.5) is 5.69 Å². The van der Waals surface area contributed by atoms with Gasteiger partial charge in [-0.25, -0.2) is 4.79 Å². The lowest BCUT2D eigenvalue weighted by Crippen LogP contribution is -2.51. The van der Waals surface area contributed by atoms with Gasteiger partial charge in [-0.3, -0.25) is 4.79 Å². The normalized spacial score (nSPS) is 13.7. The number of halogens is 1. The molecule has 152 valence electrons. The highest BCUT2D eigenvalue weighted by atomic mass is 35.5. The lowest BCUT2D eigenvalue weighted by Gasteiger charge is -2.36. The molecule has 7 nitrogen and oxygen atoms in total. The summed E-state index contributed by atoms with van der Waals surface area (Å²) in [4.78, 5) is 27.5. The summed E-state index contributed by atoms with van der Waals surface area (Å²) in [5.41, 5.74) is 1.24. The molecule has 2 aromatic rings. The molecule has 2 N–H and O–H groups in total. The average molecular weight is 434 g/mol. The Labute approximate surface area is 178 Å². The summed E-state index contributed by atoms with van der Waals surface area (Å²) >= 11 is 11.4. The van der Waals surface area contributed by atoms with Crippen LogP contribution in [0.2, 0.25) is 5.02 Å². The Morgan fingerprint density at radius 1 is 1.10 bits per heavy atom. The highest BCUT2D eigenvalue weighted by molar-refractivity contribution is 7.80. The zero-order valence-corrected chi connectivity index (χ0v) is 17.3. The van der Waals surface area contributed by atoms with E-state index in [9.17, 15) is 9.59 Å². The Balaban J connectivity index is 1.57. The van der Waals surface area contributed by atoms with Gasteiger partial charge in [0.15, 0.2) is 5.11 Å². The number of methoxy groups -OCH3 is 1. The minimum atomic E-state index is -1.08. The number of thiocarbonyl (C=S) groups is 1. The van der Waals surface area contributed by atoms with Crippen molar-refractivity contribution in [1.82, 2.24) is 9.80 Å². The van der Waals surface area contributed by atoms with E-state index < -0.39 is 5.97 Å². The van der Waals surface area contributed by atoms with Gasteiger partial charge in [-0.1, -0.05) is 17.7 Å². The highest BCUT2D eigenvalue weighted by Gasteiger charge is 2.24. The molecule has 0 unspecified atom stereocenters. The Hall–Kier alpha value is -2.84. The van der Waals surface area contributed by atoms with Gasteiger partial charge in [-0.15, -0.1) is 0 Å². The minimum Gasteiger partial charge on any atom is -0.497 e. The monoisotopic (exact) mass is 433 g/mol. The maximum absolute atomic E-state index is 12.7. The largest absolute Gasteiger partial charge is 0.497 e. The smallest absolute Gasteiger partial charge is 0.337 e. The van der Waals surface area contributed by atoms with Crippen LogP contribution in [0, 0.1) is 0 Å². The number of carbonyl (C=O) groups is 2. The highest BCUT2D eigenvalue weighted by Crippen LogP contribution is 2.22. The van der Waals surface area contributed by atoms with Crippen molar-refractivity contribution in [1.29, 1.82) is 0 Å². The first-order valence-electron chi connectivity index (χ1n) is 8.91. The van der Waals surface area contributed by atoms with Crippen molar-refractivity contribution >= 4 is 46.5 Å². The SMILES string of the molecule is COc1cccc(C(=O)N2CCN(C(=S)Nc3ccc(C(=O)O)c(Cl)c3)CC2)c1. The number of carboxylic acids is 1. The van der Waals surface area contributed by atoms with Crippen LogP contribution >= 0.6 is 23.8 Å². The molecule has 0 aliphatic carbocycles. The molecule has 1 aliphatic rings. The minimum absolute atomic E-state index is 0.0350. The number of hydrogen-bond donors (Lipinski definition) is 2. The van der Waals surface area contributed by atoms with E-state index in [-0.39, 0.29) is 16.5 Å². The van der Waals surface area contributed by atoms with Crippen LogP contribution in [0.1, 0.15) is 20.7 Å². The standard InChI is InChI=1S/C20H20ClN3O4S/c1-28-15-4-2-3-13(11-15)18(25)23-7-9-24(10-8-23)20(29)22-14-5-6-16(19(26)27)17(21)12-14/h2-6,11-12H,7-10H2,1H3,(H,22,29)(H,26,27). The molecule has 0 bridgehead atoms. The number of nitrogens with one attached hydrogen (secondary N) is 1. The van der Waals surface area contributed by atoms with Crippen molar-refractivity contribution in [2.24, 2.45) is 0 Å². The van der Waals surface area contributed by atoms with Crippen molar-refractivity contribution in [3.63, 3.8) is 0 Å². The topological polar surface area (TPSA) is 82.1 Å². The molecule has 2 aromatic carbocycles.